The Hall–Kier alpha value is -0.120. The minimum atomic E-state index is -0.225. The third kappa shape index (κ3) is 3.63. The summed E-state index contributed by atoms with van der Waals surface area (Å²) in [5, 5.41) is 18.7. The van der Waals surface area contributed by atoms with Crippen molar-refractivity contribution < 1.29 is 10.2 Å². The maximum absolute atomic E-state index is 9.61. The van der Waals surface area contributed by atoms with Gasteiger partial charge >= 0.3 is 0 Å². The molecule has 1 aliphatic heterocycles. The second kappa shape index (κ2) is 4.94. The van der Waals surface area contributed by atoms with E-state index in [1.807, 2.05) is 6.92 Å². The van der Waals surface area contributed by atoms with Crippen molar-refractivity contribution >= 4 is 0 Å². The molecule has 0 saturated carbocycles. The first-order valence-corrected chi connectivity index (χ1v) is 5.18. The van der Waals surface area contributed by atoms with Crippen LogP contribution in [0.25, 0.3) is 0 Å². The standard InChI is InChI=1S/C10H21NO2/c1-8-3-5-11(7-10(8)13)6-4-9(2)12/h8-10,12-13H,3-7H2,1-2H3. The van der Waals surface area contributed by atoms with Crippen LogP contribution in [-0.4, -0.2) is 47.0 Å². The lowest BCUT2D eigenvalue weighted by atomic mass is 9.96. The van der Waals surface area contributed by atoms with Crippen LogP contribution >= 0.6 is 0 Å². The van der Waals surface area contributed by atoms with Crippen LogP contribution in [-0.2, 0) is 0 Å². The monoisotopic (exact) mass is 187 g/mol. The molecule has 0 bridgehead atoms. The largest absolute Gasteiger partial charge is 0.393 e. The first kappa shape index (κ1) is 11.0. The van der Waals surface area contributed by atoms with Crippen LogP contribution in [0.15, 0.2) is 0 Å². The number of β-amino-alcohol motifs (C(OH)–C–C–N with tert-alkyl or cyclic N) is 1. The van der Waals surface area contributed by atoms with E-state index >= 15 is 0 Å². The van der Waals surface area contributed by atoms with Gasteiger partial charge in [-0.05, 0) is 32.2 Å². The Morgan fingerprint density at radius 3 is 2.77 bits per heavy atom. The fraction of sp³-hybridized carbons (Fsp3) is 1.00. The van der Waals surface area contributed by atoms with E-state index in [4.69, 9.17) is 5.11 Å². The van der Waals surface area contributed by atoms with Gasteiger partial charge in [-0.15, -0.1) is 0 Å². The van der Waals surface area contributed by atoms with Crippen molar-refractivity contribution in [2.75, 3.05) is 19.6 Å². The molecular formula is C10H21NO2. The van der Waals surface area contributed by atoms with Crippen molar-refractivity contribution in [3.8, 4) is 0 Å². The van der Waals surface area contributed by atoms with Crippen molar-refractivity contribution in [1.29, 1.82) is 0 Å². The van der Waals surface area contributed by atoms with Gasteiger partial charge in [0.2, 0.25) is 0 Å². The average molecular weight is 187 g/mol. The predicted molar refractivity (Wildman–Crippen MR) is 52.5 cm³/mol. The van der Waals surface area contributed by atoms with Gasteiger partial charge in [0.1, 0.15) is 0 Å². The zero-order valence-electron chi connectivity index (χ0n) is 8.61. The van der Waals surface area contributed by atoms with Gasteiger partial charge < -0.3 is 15.1 Å². The van der Waals surface area contributed by atoms with E-state index < -0.39 is 0 Å². The van der Waals surface area contributed by atoms with Crippen LogP contribution in [0.4, 0.5) is 0 Å². The fourth-order valence-electron chi connectivity index (χ4n) is 1.69. The molecule has 13 heavy (non-hydrogen) atoms. The smallest absolute Gasteiger partial charge is 0.0693 e. The zero-order chi connectivity index (χ0) is 9.84. The van der Waals surface area contributed by atoms with Gasteiger partial charge in [-0.25, -0.2) is 0 Å². The lowest BCUT2D eigenvalue weighted by Crippen LogP contribution is -2.43. The highest BCUT2D eigenvalue weighted by Crippen LogP contribution is 2.16. The molecular weight excluding hydrogens is 166 g/mol. The molecule has 2 N–H and O–H groups in total. The van der Waals surface area contributed by atoms with Crippen LogP contribution < -0.4 is 0 Å². The number of rotatable bonds is 3. The molecule has 0 aromatic carbocycles. The van der Waals surface area contributed by atoms with Gasteiger partial charge in [0.15, 0.2) is 0 Å². The quantitative estimate of drug-likeness (QED) is 0.674. The van der Waals surface area contributed by atoms with Crippen LogP contribution in [0.5, 0.6) is 0 Å². The van der Waals surface area contributed by atoms with Crippen molar-refractivity contribution in [3.63, 3.8) is 0 Å². The van der Waals surface area contributed by atoms with Crippen LogP contribution in [0.2, 0.25) is 0 Å². The number of aliphatic hydroxyl groups is 2. The highest BCUT2D eigenvalue weighted by molar-refractivity contribution is 4.77. The van der Waals surface area contributed by atoms with E-state index in [1.54, 1.807) is 0 Å². The Labute approximate surface area is 80.4 Å². The molecule has 0 spiro atoms. The van der Waals surface area contributed by atoms with Crippen molar-refractivity contribution in [2.24, 2.45) is 5.92 Å². The Balaban J connectivity index is 2.21. The zero-order valence-corrected chi connectivity index (χ0v) is 8.61. The molecule has 0 aromatic heterocycles. The fourth-order valence-corrected chi connectivity index (χ4v) is 1.69. The Morgan fingerprint density at radius 2 is 2.23 bits per heavy atom. The molecule has 1 saturated heterocycles. The van der Waals surface area contributed by atoms with Crippen molar-refractivity contribution in [3.05, 3.63) is 0 Å². The third-order valence-electron chi connectivity index (χ3n) is 2.87. The molecule has 78 valence electrons. The molecule has 3 heteroatoms. The summed E-state index contributed by atoms with van der Waals surface area (Å²) in [7, 11) is 0. The van der Waals surface area contributed by atoms with Crippen LogP contribution in [0, 0.1) is 5.92 Å². The minimum Gasteiger partial charge on any atom is -0.393 e. The summed E-state index contributed by atoms with van der Waals surface area (Å²) in [6, 6.07) is 0. The first-order chi connectivity index (χ1) is 6.09. The summed E-state index contributed by atoms with van der Waals surface area (Å²) in [5.41, 5.74) is 0. The number of likely N-dealkylation sites (tertiary alicyclic amines) is 1. The maximum Gasteiger partial charge on any atom is 0.0693 e. The summed E-state index contributed by atoms with van der Waals surface area (Å²) in [6.45, 7) is 6.64. The maximum atomic E-state index is 9.61. The number of aliphatic hydroxyl groups excluding tert-OH is 2. The van der Waals surface area contributed by atoms with Crippen molar-refractivity contribution in [2.45, 2.75) is 38.9 Å². The highest BCUT2D eigenvalue weighted by Gasteiger charge is 2.23. The molecule has 1 aliphatic rings. The van der Waals surface area contributed by atoms with Gasteiger partial charge in [-0.3, -0.25) is 0 Å². The van der Waals surface area contributed by atoms with Crippen molar-refractivity contribution in [1.82, 2.24) is 4.90 Å². The van der Waals surface area contributed by atoms with E-state index in [1.165, 1.54) is 0 Å². The second-order valence-corrected chi connectivity index (χ2v) is 4.27. The summed E-state index contributed by atoms with van der Waals surface area (Å²) in [4.78, 5) is 2.23. The first-order valence-electron chi connectivity index (χ1n) is 5.18. The molecule has 0 amide bonds. The molecule has 0 radical (unpaired) electrons. The molecule has 0 aromatic rings. The average Bonchev–Trinajstić information content (AvgIpc) is 2.07. The van der Waals surface area contributed by atoms with E-state index in [-0.39, 0.29) is 12.2 Å². The Morgan fingerprint density at radius 1 is 1.54 bits per heavy atom. The number of hydrogen-bond acceptors (Lipinski definition) is 3. The Bertz CT molecular complexity index is 150. The number of nitrogens with zero attached hydrogens (tertiary/aromatic N) is 1. The number of hydrogen-bond donors (Lipinski definition) is 2. The normalized spacial score (nSPS) is 33.2. The van der Waals surface area contributed by atoms with E-state index in [0.29, 0.717) is 5.92 Å². The van der Waals surface area contributed by atoms with Gasteiger partial charge in [0.25, 0.3) is 0 Å². The highest BCUT2D eigenvalue weighted by atomic mass is 16.3. The minimum absolute atomic E-state index is 0.178. The van der Waals surface area contributed by atoms with Gasteiger partial charge in [-0.2, -0.15) is 0 Å². The third-order valence-corrected chi connectivity index (χ3v) is 2.87. The molecule has 1 heterocycles. The van der Waals surface area contributed by atoms with Crippen LogP contribution in [0.3, 0.4) is 0 Å². The molecule has 3 nitrogen and oxygen atoms in total. The van der Waals surface area contributed by atoms with Gasteiger partial charge in [0, 0.05) is 13.1 Å². The van der Waals surface area contributed by atoms with E-state index in [2.05, 4.69) is 11.8 Å². The Kier molecular flexibility index (Phi) is 4.16. The topological polar surface area (TPSA) is 43.7 Å². The molecule has 3 unspecified atom stereocenters. The summed E-state index contributed by atoms with van der Waals surface area (Å²) in [5.74, 6) is 0.433. The van der Waals surface area contributed by atoms with Crippen LogP contribution in [0.1, 0.15) is 26.7 Å². The lowest BCUT2D eigenvalue weighted by molar-refractivity contribution is 0.0237. The van der Waals surface area contributed by atoms with E-state index in [0.717, 1.165) is 32.5 Å². The van der Waals surface area contributed by atoms with Gasteiger partial charge in [0.05, 0.1) is 12.2 Å². The SMILES string of the molecule is CC(O)CCN1CCC(C)C(O)C1. The number of piperidine rings is 1. The predicted octanol–water partition coefficient (Wildman–Crippen LogP) is 0.460. The molecule has 1 fully saturated rings. The summed E-state index contributed by atoms with van der Waals surface area (Å²) >= 11 is 0. The van der Waals surface area contributed by atoms with Gasteiger partial charge in [-0.1, -0.05) is 6.92 Å². The summed E-state index contributed by atoms with van der Waals surface area (Å²) in [6.07, 6.45) is 1.47. The molecule has 1 rings (SSSR count). The molecule has 3 atom stereocenters. The van der Waals surface area contributed by atoms with E-state index in [9.17, 15) is 5.11 Å². The molecule has 0 aliphatic carbocycles. The summed E-state index contributed by atoms with van der Waals surface area (Å²) < 4.78 is 0. The second-order valence-electron chi connectivity index (χ2n) is 4.27. The lowest BCUT2D eigenvalue weighted by Gasteiger charge is -2.34.